The van der Waals surface area contributed by atoms with Crippen molar-refractivity contribution in [3.63, 3.8) is 0 Å². The first-order chi connectivity index (χ1) is 9.93. The lowest BCUT2D eigenvalue weighted by Gasteiger charge is -2.37. The van der Waals surface area contributed by atoms with Crippen molar-refractivity contribution in [1.82, 2.24) is 0 Å². The number of hydrogen-bond acceptors (Lipinski definition) is 3. The van der Waals surface area contributed by atoms with Crippen LogP contribution in [0.15, 0.2) is 24.3 Å². The van der Waals surface area contributed by atoms with E-state index in [0.29, 0.717) is 25.2 Å². The van der Waals surface area contributed by atoms with Crippen molar-refractivity contribution < 1.29 is 19.4 Å². The van der Waals surface area contributed by atoms with E-state index in [1.807, 2.05) is 24.3 Å². The molecule has 3 rings (SSSR count). The second-order valence-corrected chi connectivity index (χ2v) is 6.72. The van der Waals surface area contributed by atoms with Gasteiger partial charge in [0.2, 0.25) is 0 Å². The summed E-state index contributed by atoms with van der Waals surface area (Å²) < 4.78 is 11.7. The molecule has 2 heterocycles. The van der Waals surface area contributed by atoms with Crippen molar-refractivity contribution in [2.75, 3.05) is 6.61 Å². The number of ether oxygens (including phenoxy) is 2. The Hall–Kier alpha value is -1.55. The molecule has 0 radical (unpaired) electrons. The van der Waals surface area contributed by atoms with Gasteiger partial charge in [-0.1, -0.05) is 18.2 Å². The lowest BCUT2D eigenvalue weighted by atomic mass is 9.72. The number of carbonyl (C=O) groups is 1. The summed E-state index contributed by atoms with van der Waals surface area (Å²) in [5, 5.41) is 9.91. The average Bonchev–Trinajstić information content (AvgIpc) is 2.78. The molecule has 1 aromatic carbocycles. The average molecular weight is 290 g/mol. The Kier molecular flexibility index (Phi) is 3.44. The van der Waals surface area contributed by atoms with E-state index in [0.717, 1.165) is 18.4 Å². The van der Waals surface area contributed by atoms with Gasteiger partial charge in [0.15, 0.2) is 0 Å². The summed E-state index contributed by atoms with van der Waals surface area (Å²) in [6.45, 7) is 4.58. The van der Waals surface area contributed by atoms with Crippen molar-refractivity contribution >= 4 is 5.97 Å². The predicted molar refractivity (Wildman–Crippen MR) is 78.7 cm³/mol. The Labute approximate surface area is 125 Å². The van der Waals surface area contributed by atoms with Crippen molar-refractivity contribution in [2.45, 2.75) is 56.7 Å². The molecule has 2 unspecified atom stereocenters. The number of benzene rings is 1. The first kappa shape index (κ1) is 14.4. The molecule has 4 heteroatoms. The van der Waals surface area contributed by atoms with Crippen molar-refractivity contribution in [3.05, 3.63) is 29.8 Å². The zero-order valence-corrected chi connectivity index (χ0v) is 12.6. The van der Waals surface area contributed by atoms with E-state index in [9.17, 15) is 9.90 Å². The van der Waals surface area contributed by atoms with E-state index in [2.05, 4.69) is 13.8 Å². The normalized spacial score (nSPS) is 30.5. The van der Waals surface area contributed by atoms with Crippen LogP contribution in [-0.4, -0.2) is 29.4 Å². The summed E-state index contributed by atoms with van der Waals surface area (Å²) in [6, 6.07) is 7.49. The van der Waals surface area contributed by atoms with E-state index < -0.39 is 11.4 Å². The molecule has 0 spiro atoms. The minimum atomic E-state index is -0.889. The molecule has 0 bridgehead atoms. The van der Waals surface area contributed by atoms with Crippen LogP contribution >= 0.6 is 0 Å². The zero-order chi connectivity index (χ0) is 15.1. The number of carboxylic acids is 1. The Balaban J connectivity index is 1.93. The van der Waals surface area contributed by atoms with Gasteiger partial charge in [0.1, 0.15) is 11.2 Å². The quantitative estimate of drug-likeness (QED) is 0.929. The maximum absolute atomic E-state index is 12.1. The highest BCUT2D eigenvalue weighted by atomic mass is 16.5. The summed E-state index contributed by atoms with van der Waals surface area (Å²) in [7, 11) is 0. The second-order valence-electron chi connectivity index (χ2n) is 6.72. The smallest absolute Gasteiger partial charge is 0.314 e. The van der Waals surface area contributed by atoms with Gasteiger partial charge in [-0.3, -0.25) is 4.79 Å². The molecule has 114 valence electrons. The number of aliphatic carboxylic acids is 1. The summed E-state index contributed by atoms with van der Waals surface area (Å²) in [6.07, 6.45) is 2.92. The Morgan fingerprint density at radius 1 is 1.33 bits per heavy atom. The monoisotopic (exact) mass is 290 g/mol. The summed E-state index contributed by atoms with van der Waals surface area (Å²) in [4.78, 5) is 12.1. The largest absolute Gasteiger partial charge is 0.493 e. The minimum Gasteiger partial charge on any atom is -0.493 e. The van der Waals surface area contributed by atoms with Crippen LogP contribution in [0.5, 0.6) is 5.75 Å². The molecule has 0 aliphatic carbocycles. The van der Waals surface area contributed by atoms with Crippen LogP contribution in [-0.2, 0) is 14.9 Å². The first-order valence-electron chi connectivity index (χ1n) is 7.56. The molecule has 0 saturated carbocycles. The van der Waals surface area contributed by atoms with Crippen LogP contribution in [0.4, 0.5) is 0 Å². The maximum Gasteiger partial charge on any atom is 0.314 e. The van der Waals surface area contributed by atoms with Gasteiger partial charge in [-0.25, -0.2) is 0 Å². The summed E-state index contributed by atoms with van der Waals surface area (Å²) >= 11 is 0. The van der Waals surface area contributed by atoms with Gasteiger partial charge in [-0.05, 0) is 39.2 Å². The summed E-state index contributed by atoms with van der Waals surface area (Å²) in [5.74, 6) is -0.0741. The second kappa shape index (κ2) is 5.02. The lowest BCUT2D eigenvalue weighted by molar-refractivity contribution is -0.147. The molecule has 1 N–H and O–H groups in total. The third-order valence-electron chi connectivity index (χ3n) is 4.73. The topological polar surface area (TPSA) is 55.8 Å². The van der Waals surface area contributed by atoms with Gasteiger partial charge in [0, 0.05) is 12.0 Å². The third kappa shape index (κ3) is 2.53. The Bertz CT molecular complexity index is 551. The fourth-order valence-electron chi connectivity index (χ4n) is 3.59. The molecule has 1 saturated heterocycles. The molecule has 21 heavy (non-hydrogen) atoms. The molecule has 0 amide bonds. The molecule has 2 aliphatic heterocycles. The fraction of sp³-hybridized carbons (Fsp3) is 0.588. The van der Waals surface area contributed by atoms with Crippen LogP contribution < -0.4 is 4.74 Å². The van der Waals surface area contributed by atoms with E-state index in [1.165, 1.54) is 0 Å². The molecule has 2 atom stereocenters. The lowest BCUT2D eigenvalue weighted by Crippen LogP contribution is -2.43. The highest BCUT2D eigenvalue weighted by Gasteiger charge is 2.48. The highest BCUT2D eigenvalue weighted by Crippen LogP contribution is 2.45. The van der Waals surface area contributed by atoms with Crippen molar-refractivity contribution in [3.8, 4) is 5.75 Å². The number of para-hydroxylation sites is 1. The standard InChI is InChI=1S/C17H22O4/c1-16(2)8-7-12(21-16)11-17(15(18)19)9-10-20-14-6-4-3-5-13(14)17/h3-6,12H,7-11H2,1-2H3,(H,18,19). The molecule has 4 nitrogen and oxygen atoms in total. The maximum atomic E-state index is 12.1. The summed E-state index contributed by atoms with van der Waals surface area (Å²) in [5.41, 5.74) is -0.244. The van der Waals surface area contributed by atoms with Crippen LogP contribution in [0.2, 0.25) is 0 Å². The first-order valence-corrected chi connectivity index (χ1v) is 7.56. The van der Waals surface area contributed by atoms with Gasteiger partial charge >= 0.3 is 5.97 Å². The van der Waals surface area contributed by atoms with Gasteiger partial charge in [0.25, 0.3) is 0 Å². The van der Waals surface area contributed by atoms with Gasteiger partial charge < -0.3 is 14.6 Å². The van der Waals surface area contributed by atoms with Crippen molar-refractivity contribution in [1.29, 1.82) is 0 Å². The van der Waals surface area contributed by atoms with E-state index >= 15 is 0 Å². The van der Waals surface area contributed by atoms with E-state index in [1.54, 1.807) is 0 Å². The Morgan fingerprint density at radius 3 is 2.76 bits per heavy atom. The molecular weight excluding hydrogens is 268 g/mol. The molecule has 1 aromatic rings. The van der Waals surface area contributed by atoms with Crippen LogP contribution in [0, 0.1) is 0 Å². The highest BCUT2D eigenvalue weighted by molar-refractivity contribution is 5.83. The number of hydrogen-bond donors (Lipinski definition) is 1. The van der Waals surface area contributed by atoms with Crippen LogP contribution in [0.1, 0.15) is 45.1 Å². The van der Waals surface area contributed by atoms with E-state index in [4.69, 9.17) is 9.47 Å². The third-order valence-corrected chi connectivity index (χ3v) is 4.73. The molecule has 1 fully saturated rings. The minimum absolute atomic E-state index is 0.00209. The van der Waals surface area contributed by atoms with Crippen LogP contribution in [0.25, 0.3) is 0 Å². The fourth-order valence-corrected chi connectivity index (χ4v) is 3.59. The number of carboxylic acid groups (broad SMARTS) is 1. The number of fused-ring (bicyclic) bond motifs is 1. The molecule has 0 aromatic heterocycles. The molecule has 2 aliphatic rings. The van der Waals surface area contributed by atoms with Gasteiger partial charge in [-0.2, -0.15) is 0 Å². The SMILES string of the molecule is CC1(C)CCC(CC2(C(=O)O)CCOc3ccccc32)O1. The van der Waals surface area contributed by atoms with Crippen molar-refractivity contribution in [2.24, 2.45) is 0 Å². The van der Waals surface area contributed by atoms with Gasteiger partial charge in [0.05, 0.1) is 18.3 Å². The Morgan fingerprint density at radius 2 is 2.10 bits per heavy atom. The molecular formula is C17H22O4. The number of rotatable bonds is 3. The predicted octanol–water partition coefficient (Wildman–Crippen LogP) is 3.14. The van der Waals surface area contributed by atoms with Gasteiger partial charge in [-0.15, -0.1) is 0 Å². The van der Waals surface area contributed by atoms with Crippen LogP contribution in [0.3, 0.4) is 0 Å². The van der Waals surface area contributed by atoms with E-state index in [-0.39, 0.29) is 11.7 Å². The zero-order valence-electron chi connectivity index (χ0n) is 12.6.